The maximum Gasteiger partial charge on any atom is 0.243 e. The molecule has 0 bridgehead atoms. The van der Waals surface area contributed by atoms with E-state index in [4.69, 9.17) is 4.42 Å². The molecule has 6 nitrogen and oxygen atoms in total. The quantitative estimate of drug-likeness (QED) is 0.626. The lowest BCUT2D eigenvalue weighted by Gasteiger charge is -2.17. The molecule has 0 aliphatic heterocycles. The number of furan rings is 1. The summed E-state index contributed by atoms with van der Waals surface area (Å²) in [5, 5.41) is -1.41. The Morgan fingerprint density at radius 1 is 0.929 bits per heavy atom. The zero-order valence-corrected chi connectivity index (χ0v) is 15.9. The van der Waals surface area contributed by atoms with Crippen LogP contribution in [0.25, 0.3) is 0 Å². The molecule has 0 aliphatic rings. The minimum Gasteiger partial charge on any atom is -0.468 e. The number of hydrogen-bond donors (Lipinski definition) is 1. The summed E-state index contributed by atoms with van der Waals surface area (Å²) >= 11 is 0. The molecule has 1 aromatic heterocycles. The van der Waals surface area contributed by atoms with Gasteiger partial charge in [0.25, 0.3) is 0 Å². The third kappa shape index (κ3) is 4.13. The third-order valence-corrected chi connectivity index (χ3v) is 7.46. The first kappa shape index (κ1) is 20.2. The Bertz CT molecular complexity index is 1160. The summed E-state index contributed by atoms with van der Waals surface area (Å²) in [5.41, 5.74) is 0. The highest BCUT2D eigenvalue weighted by molar-refractivity contribution is 7.92. The lowest BCUT2D eigenvalue weighted by molar-refractivity contribution is 0.486. The lowest BCUT2D eigenvalue weighted by Crippen LogP contribution is -2.32. The molecule has 3 aromatic rings. The minimum absolute atomic E-state index is 0.00580. The molecule has 3 rings (SSSR count). The predicted molar refractivity (Wildman–Crippen MR) is 96.6 cm³/mol. The molecule has 0 saturated heterocycles. The molecule has 1 heterocycles. The van der Waals surface area contributed by atoms with E-state index in [0.29, 0.717) is 12.1 Å². The molecule has 0 saturated carbocycles. The molecule has 0 unspecified atom stereocenters. The van der Waals surface area contributed by atoms with Crippen LogP contribution in [-0.2, 0) is 19.9 Å². The Balaban J connectivity index is 1.95. The second-order valence-electron chi connectivity index (χ2n) is 5.79. The minimum atomic E-state index is -4.51. The summed E-state index contributed by atoms with van der Waals surface area (Å²) in [6.45, 7) is -0.636. The molecular weight excluding hydrogens is 412 g/mol. The first-order chi connectivity index (χ1) is 13.2. The number of benzene rings is 2. The van der Waals surface area contributed by atoms with E-state index in [1.165, 1.54) is 42.7 Å². The van der Waals surface area contributed by atoms with Crippen molar-refractivity contribution >= 4 is 19.9 Å². The second kappa shape index (κ2) is 7.82. The van der Waals surface area contributed by atoms with Gasteiger partial charge in [-0.3, -0.25) is 0 Å². The fraction of sp³-hybridized carbons (Fsp3) is 0.111. The average molecular weight is 427 g/mol. The van der Waals surface area contributed by atoms with Crippen LogP contribution in [0.15, 0.2) is 81.1 Å². The van der Waals surface area contributed by atoms with Gasteiger partial charge >= 0.3 is 0 Å². The normalized spacial score (nSPS) is 13.4. The Kier molecular flexibility index (Phi) is 5.64. The summed E-state index contributed by atoms with van der Waals surface area (Å²) in [6, 6.07) is 12.2. The Labute approximate surface area is 160 Å². The summed E-state index contributed by atoms with van der Waals surface area (Å²) in [4.78, 5) is -0.949. The molecule has 1 N–H and O–H groups in total. The summed E-state index contributed by atoms with van der Waals surface area (Å²) in [5.74, 6) is -2.10. The van der Waals surface area contributed by atoms with Crippen molar-refractivity contribution in [1.82, 2.24) is 4.72 Å². The van der Waals surface area contributed by atoms with Gasteiger partial charge in [0.15, 0.2) is 9.84 Å². The smallest absolute Gasteiger partial charge is 0.243 e. The van der Waals surface area contributed by atoms with Gasteiger partial charge in [0.1, 0.15) is 27.5 Å². The van der Waals surface area contributed by atoms with Crippen molar-refractivity contribution in [3.8, 4) is 0 Å². The van der Waals surface area contributed by atoms with Gasteiger partial charge in [-0.2, -0.15) is 0 Å². The number of sulfonamides is 1. The van der Waals surface area contributed by atoms with Crippen molar-refractivity contribution in [2.45, 2.75) is 15.0 Å². The van der Waals surface area contributed by atoms with E-state index in [1.54, 1.807) is 6.07 Å². The van der Waals surface area contributed by atoms with Gasteiger partial charge < -0.3 is 4.42 Å². The van der Waals surface area contributed by atoms with Crippen LogP contribution < -0.4 is 4.72 Å². The van der Waals surface area contributed by atoms with Crippen molar-refractivity contribution in [2.24, 2.45) is 0 Å². The Morgan fingerprint density at radius 3 is 2.29 bits per heavy atom. The zero-order valence-electron chi connectivity index (χ0n) is 14.2. The second-order valence-corrected chi connectivity index (χ2v) is 9.65. The van der Waals surface area contributed by atoms with Gasteiger partial charge in [-0.25, -0.2) is 30.3 Å². The van der Waals surface area contributed by atoms with Crippen LogP contribution in [-0.4, -0.2) is 23.4 Å². The standard InChI is InChI=1S/C18H15F2NO5S2/c19-13-8-9-15(20)17(11-13)28(24,25)21-12-18(16-7-4-10-26-16)27(22,23)14-5-2-1-3-6-14/h1-11,18,21H,12H2/t18-/m1/s1. The highest BCUT2D eigenvalue weighted by Crippen LogP contribution is 2.29. The molecule has 2 aromatic carbocycles. The number of rotatable bonds is 7. The van der Waals surface area contributed by atoms with E-state index in [-0.39, 0.29) is 10.7 Å². The van der Waals surface area contributed by atoms with Gasteiger partial charge in [-0.05, 0) is 42.5 Å². The molecule has 148 valence electrons. The average Bonchev–Trinajstić information content (AvgIpc) is 3.18. The summed E-state index contributed by atoms with van der Waals surface area (Å²) in [6.07, 6.45) is 1.25. The van der Waals surface area contributed by atoms with Gasteiger partial charge in [-0.1, -0.05) is 18.2 Å². The van der Waals surface area contributed by atoms with Crippen LogP contribution in [0.4, 0.5) is 8.78 Å². The van der Waals surface area contributed by atoms with Crippen molar-refractivity contribution in [2.75, 3.05) is 6.54 Å². The Hall–Kier alpha value is -2.56. The monoisotopic (exact) mass is 427 g/mol. The van der Waals surface area contributed by atoms with E-state index in [1.807, 2.05) is 4.72 Å². The molecule has 28 heavy (non-hydrogen) atoms. The van der Waals surface area contributed by atoms with Gasteiger partial charge in [0, 0.05) is 6.54 Å². The molecule has 0 fully saturated rings. The fourth-order valence-corrected chi connectivity index (χ4v) is 5.41. The van der Waals surface area contributed by atoms with Gasteiger partial charge in [0.05, 0.1) is 11.2 Å². The first-order valence-electron chi connectivity index (χ1n) is 7.99. The molecule has 1 atom stereocenters. The van der Waals surface area contributed by atoms with Crippen LogP contribution in [0.5, 0.6) is 0 Å². The van der Waals surface area contributed by atoms with Crippen LogP contribution in [0.3, 0.4) is 0 Å². The van der Waals surface area contributed by atoms with E-state index in [0.717, 1.165) is 6.07 Å². The molecule has 0 spiro atoms. The molecule has 10 heteroatoms. The number of hydrogen-bond acceptors (Lipinski definition) is 5. The van der Waals surface area contributed by atoms with Crippen molar-refractivity contribution < 1.29 is 30.0 Å². The molecule has 0 aliphatic carbocycles. The SMILES string of the molecule is O=S(=O)(NC[C@H](c1ccco1)S(=O)(=O)c1ccccc1)c1cc(F)ccc1F. The van der Waals surface area contributed by atoms with E-state index in [2.05, 4.69) is 0 Å². The van der Waals surface area contributed by atoms with Gasteiger partial charge in [0.2, 0.25) is 10.0 Å². The first-order valence-corrected chi connectivity index (χ1v) is 11.0. The van der Waals surface area contributed by atoms with Crippen LogP contribution >= 0.6 is 0 Å². The topological polar surface area (TPSA) is 93.4 Å². The molecule has 0 radical (unpaired) electrons. The van der Waals surface area contributed by atoms with E-state index < -0.39 is 48.2 Å². The fourth-order valence-electron chi connectivity index (χ4n) is 2.56. The van der Waals surface area contributed by atoms with Gasteiger partial charge in [-0.15, -0.1) is 0 Å². The predicted octanol–water partition coefficient (Wildman–Crippen LogP) is 3.05. The lowest BCUT2D eigenvalue weighted by atomic mass is 10.3. The van der Waals surface area contributed by atoms with E-state index >= 15 is 0 Å². The number of nitrogens with one attached hydrogen (secondary N) is 1. The van der Waals surface area contributed by atoms with Crippen LogP contribution in [0.1, 0.15) is 11.0 Å². The number of halogens is 2. The van der Waals surface area contributed by atoms with Crippen molar-refractivity contribution in [3.63, 3.8) is 0 Å². The highest BCUT2D eigenvalue weighted by atomic mass is 32.2. The maximum absolute atomic E-state index is 13.8. The van der Waals surface area contributed by atoms with E-state index in [9.17, 15) is 25.6 Å². The number of sulfone groups is 1. The molecular formula is C18H15F2NO5S2. The largest absolute Gasteiger partial charge is 0.468 e. The van der Waals surface area contributed by atoms with Crippen LogP contribution in [0, 0.1) is 11.6 Å². The van der Waals surface area contributed by atoms with Crippen molar-refractivity contribution in [3.05, 3.63) is 84.3 Å². The molecule has 0 amide bonds. The third-order valence-electron chi connectivity index (χ3n) is 3.95. The maximum atomic E-state index is 13.8. The van der Waals surface area contributed by atoms with Crippen molar-refractivity contribution in [1.29, 1.82) is 0 Å². The zero-order chi connectivity index (χ0) is 20.4. The summed E-state index contributed by atoms with van der Waals surface area (Å²) < 4.78 is 85.1. The van der Waals surface area contributed by atoms with Crippen LogP contribution in [0.2, 0.25) is 0 Å². The Morgan fingerprint density at radius 2 is 1.64 bits per heavy atom. The summed E-state index contributed by atoms with van der Waals surface area (Å²) in [7, 11) is -8.55. The highest BCUT2D eigenvalue weighted by Gasteiger charge is 2.33.